The lowest BCUT2D eigenvalue weighted by Crippen LogP contribution is -2.32. The Balaban J connectivity index is 1.65. The van der Waals surface area contributed by atoms with Gasteiger partial charge >= 0.3 is 0 Å². The van der Waals surface area contributed by atoms with E-state index in [1.807, 2.05) is 12.1 Å². The Morgan fingerprint density at radius 2 is 1.97 bits per heavy atom. The summed E-state index contributed by atoms with van der Waals surface area (Å²) < 4.78 is 38.6. The fraction of sp³-hybridized carbons (Fsp3) is 0.476. The van der Waals surface area contributed by atoms with Crippen molar-refractivity contribution in [2.75, 3.05) is 32.5 Å². The molecule has 164 valence electrons. The highest BCUT2D eigenvalue weighted by molar-refractivity contribution is 7.98. The lowest BCUT2D eigenvalue weighted by atomic mass is 10.1. The van der Waals surface area contributed by atoms with Crippen LogP contribution in [-0.4, -0.2) is 51.7 Å². The van der Waals surface area contributed by atoms with Crippen LogP contribution < -0.4 is 9.46 Å². The van der Waals surface area contributed by atoms with Gasteiger partial charge in [-0.25, -0.2) is 13.1 Å². The third kappa shape index (κ3) is 6.02. The summed E-state index contributed by atoms with van der Waals surface area (Å²) in [7, 11) is -2.24. The zero-order valence-corrected chi connectivity index (χ0v) is 18.8. The van der Waals surface area contributed by atoms with Crippen LogP contribution in [0.2, 0.25) is 0 Å². The van der Waals surface area contributed by atoms with Gasteiger partial charge in [-0.15, -0.1) is 0 Å². The molecule has 1 aliphatic heterocycles. The van der Waals surface area contributed by atoms with E-state index >= 15 is 0 Å². The second kappa shape index (κ2) is 10.9. The molecule has 9 heteroatoms. The number of thioether (sulfide) groups is 1. The molecule has 0 radical (unpaired) electrons. The minimum absolute atomic E-state index is 0.0671. The fourth-order valence-electron chi connectivity index (χ4n) is 3.36. The lowest BCUT2D eigenvalue weighted by Gasteiger charge is -2.22. The molecular weight excluding hydrogens is 424 g/mol. The maximum Gasteiger partial charge on any atom is 0.257 e. The van der Waals surface area contributed by atoms with E-state index in [0.29, 0.717) is 30.3 Å². The molecule has 2 heterocycles. The maximum atomic E-state index is 13.0. The number of nitrogens with zero attached hydrogens (tertiary/aromatic N) is 1. The molecule has 1 aliphatic rings. The van der Waals surface area contributed by atoms with E-state index in [-0.39, 0.29) is 22.9 Å². The normalized spacial score (nSPS) is 15.0. The van der Waals surface area contributed by atoms with Crippen LogP contribution in [0.15, 0.2) is 45.9 Å². The van der Waals surface area contributed by atoms with Crippen LogP contribution >= 0.6 is 11.8 Å². The molecule has 0 saturated carbocycles. The second-order valence-corrected chi connectivity index (χ2v) is 9.97. The summed E-state index contributed by atoms with van der Waals surface area (Å²) in [6.45, 7) is 1.66. The van der Waals surface area contributed by atoms with Gasteiger partial charge in [-0.3, -0.25) is 4.79 Å². The van der Waals surface area contributed by atoms with Crippen LogP contribution in [0.25, 0.3) is 0 Å². The van der Waals surface area contributed by atoms with Crippen LogP contribution in [0.4, 0.5) is 0 Å². The van der Waals surface area contributed by atoms with E-state index < -0.39 is 10.0 Å². The molecule has 1 amide bonds. The van der Waals surface area contributed by atoms with E-state index in [1.165, 1.54) is 19.2 Å². The predicted octanol–water partition coefficient (Wildman–Crippen LogP) is 3.52. The van der Waals surface area contributed by atoms with Gasteiger partial charge in [0.2, 0.25) is 10.0 Å². The van der Waals surface area contributed by atoms with E-state index in [2.05, 4.69) is 4.72 Å². The van der Waals surface area contributed by atoms with Crippen molar-refractivity contribution in [3.8, 4) is 5.75 Å². The number of ether oxygens (including phenoxy) is 1. The van der Waals surface area contributed by atoms with E-state index in [1.54, 1.807) is 29.0 Å². The summed E-state index contributed by atoms with van der Waals surface area (Å²) in [5.41, 5.74) is 0.287. The van der Waals surface area contributed by atoms with Crippen molar-refractivity contribution in [3.63, 3.8) is 0 Å². The van der Waals surface area contributed by atoms with E-state index in [0.717, 1.165) is 31.4 Å². The van der Waals surface area contributed by atoms with Crippen LogP contribution in [0.3, 0.4) is 0 Å². The highest BCUT2D eigenvalue weighted by atomic mass is 32.2. The summed E-state index contributed by atoms with van der Waals surface area (Å²) in [5.74, 6) is 2.35. The Morgan fingerprint density at radius 1 is 1.20 bits per heavy atom. The first-order valence-corrected chi connectivity index (χ1v) is 12.7. The SMILES string of the molecule is COc1ccc(S(=O)(=O)NCCSCc2ccco2)cc1C(=O)N1CCCCCC1. The monoisotopic (exact) mass is 452 g/mol. The van der Waals surface area contributed by atoms with Gasteiger partial charge in [0.15, 0.2) is 0 Å². The molecular formula is C21H28N2O5S2. The molecule has 1 aromatic heterocycles. The molecule has 0 aliphatic carbocycles. The highest BCUT2D eigenvalue weighted by Gasteiger charge is 2.24. The van der Waals surface area contributed by atoms with Gasteiger partial charge in [-0.05, 0) is 43.2 Å². The summed E-state index contributed by atoms with van der Waals surface area (Å²) in [6, 6.07) is 8.15. The topological polar surface area (TPSA) is 88.9 Å². The molecule has 1 fully saturated rings. The summed E-state index contributed by atoms with van der Waals surface area (Å²) in [4.78, 5) is 14.9. The first-order valence-electron chi connectivity index (χ1n) is 10.1. The molecule has 1 N–H and O–H groups in total. The fourth-order valence-corrected chi connectivity index (χ4v) is 5.31. The number of nitrogens with one attached hydrogen (secondary N) is 1. The maximum absolute atomic E-state index is 13.0. The van der Waals surface area contributed by atoms with Gasteiger partial charge in [0, 0.05) is 25.4 Å². The smallest absolute Gasteiger partial charge is 0.257 e. The lowest BCUT2D eigenvalue weighted by molar-refractivity contribution is 0.0758. The number of rotatable bonds is 9. The Morgan fingerprint density at radius 3 is 2.63 bits per heavy atom. The van der Waals surface area contributed by atoms with Crippen molar-refractivity contribution < 1.29 is 22.4 Å². The molecule has 0 atom stereocenters. The van der Waals surface area contributed by atoms with Gasteiger partial charge in [0.25, 0.3) is 5.91 Å². The molecule has 30 heavy (non-hydrogen) atoms. The van der Waals surface area contributed by atoms with Crippen molar-refractivity contribution in [1.82, 2.24) is 9.62 Å². The highest BCUT2D eigenvalue weighted by Crippen LogP contribution is 2.25. The minimum Gasteiger partial charge on any atom is -0.496 e. The predicted molar refractivity (Wildman–Crippen MR) is 117 cm³/mol. The van der Waals surface area contributed by atoms with Gasteiger partial charge in [0.05, 0.1) is 29.6 Å². The largest absolute Gasteiger partial charge is 0.496 e. The van der Waals surface area contributed by atoms with E-state index in [4.69, 9.17) is 9.15 Å². The van der Waals surface area contributed by atoms with Crippen LogP contribution in [-0.2, 0) is 15.8 Å². The molecule has 1 saturated heterocycles. The standard InChI is InChI=1S/C21H28N2O5S2/c1-27-20-9-8-18(15-19(20)21(24)23-11-4-2-3-5-12-23)30(25,26)22-10-14-29-16-17-7-6-13-28-17/h6-9,13,15,22H,2-5,10-12,14,16H2,1H3. The number of hydrogen-bond donors (Lipinski definition) is 1. The molecule has 0 bridgehead atoms. The summed E-state index contributed by atoms with van der Waals surface area (Å²) in [5, 5.41) is 0. The molecule has 3 rings (SSSR count). The third-order valence-corrected chi connectivity index (χ3v) is 7.41. The Hall–Kier alpha value is -1.97. The molecule has 2 aromatic rings. The second-order valence-electron chi connectivity index (χ2n) is 7.10. The average molecular weight is 453 g/mol. The number of sulfonamides is 1. The molecule has 7 nitrogen and oxygen atoms in total. The molecule has 0 unspecified atom stereocenters. The number of furan rings is 1. The van der Waals surface area contributed by atoms with Gasteiger partial charge in [-0.1, -0.05) is 12.8 Å². The van der Waals surface area contributed by atoms with Gasteiger partial charge in [0.1, 0.15) is 11.5 Å². The number of carbonyl (C=O) groups is 1. The average Bonchev–Trinajstić information content (AvgIpc) is 3.12. The third-order valence-electron chi connectivity index (χ3n) is 4.97. The number of methoxy groups -OCH3 is 1. The van der Waals surface area contributed by atoms with Gasteiger partial charge < -0.3 is 14.1 Å². The van der Waals surface area contributed by atoms with Crippen molar-refractivity contribution in [3.05, 3.63) is 47.9 Å². The Bertz CT molecular complexity index is 921. The van der Waals surface area contributed by atoms with E-state index in [9.17, 15) is 13.2 Å². The summed E-state index contributed by atoms with van der Waals surface area (Å²) in [6.07, 6.45) is 5.76. The van der Waals surface area contributed by atoms with Crippen LogP contribution in [0, 0.1) is 0 Å². The Labute approximate surface area is 182 Å². The van der Waals surface area contributed by atoms with Gasteiger partial charge in [-0.2, -0.15) is 11.8 Å². The van der Waals surface area contributed by atoms with Crippen LogP contribution in [0.1, 0.15) is 41.8 Å². The van der Waals surface area contributed by atoms with Crippen LogP contribution in [0.5, 0.6) is 5.75 Å². The number of likely N-dealkylation sites (tertiary alicyclic amines) is 1. The van der Waals surface area contributed by atoms with Crippen molar-refractivity contribution in [2.45, 2.75) is 36.3 Å². The first kappa shape index (κ1) is 22.7. The number of hydrogen-bond acceptors (Lipinski definition) is 6. The number of benzene rings is 1. The Kier molecular flexibility index (Phi) is 8.24. The number of amides is 1. The zero-order valence-electron chi connectivity index (χ0n) is 17.1. The first-order chi connectivity index (χ1) is 14.5. The summed E-state index contributed by atoms with van der Waals surface area (Å²) >= 11 is 1.58. The minimum atomic E-state index is -3.73. The quantitative estimate of drug-likeness (QED) is 0.586. The van der Waals surface area contributed by atoms with Crippen molar-refractivity contribution >= 4 is 27.7 Å². The molecule has 1 aromatic carbocycles. The van der Waals surface area contributed by atoms with Crippen molar-refractivity contribution in [2.24, 2.45) is 0 Å². The molecule has 0 spiro atoms. The zero-order chi connectivity index (χ0) is 21.4. The van der Waals surface area contributed by atoms with Crippen molar-refractivity contribution in [1.29, 1.82) is 0 Å². The number of carbonyl (C=O) groups excluding carboxylic acids is 1.